The first-order valence-electron chi connectivity index (χ1n) is 5.92. The van der Waals surface area contributed by atoms with E-state index in [2.05, 4.69) is 10.2 Å². The Labute approximate surface area is 91.8 Å². The first kappa shape index (κ1) is 12.0. The van der Waals surface area contributed by atoms with E-state index in [-0.39, 0.29) is 0 Å². The summed E-state index contributed by atoms with van der Waals surface area (Å²) in [6.07, 6.45) is 10.7. The molecule has 0 spiro atoms. The van der Waals surface area contributed by atoms with Gasteiger partial charge in [-0.25, -0.2) is 0 Å². The summed E-state index contributed by atoms with van der Waals surface area (Å²) in [5, 5.41) is 7.62. The van der Waals surface area contributed by atoms with Crippen LogP contribution in [0.25, 0.3) is 0 Å². The largest absolute Gasteiger partial charge is 0.323 e. The highest BCUT2D eigenvalue weighted by atomic mass is 15.2. The van der Waals surface area contributed by atoms with E-state index in [1.807, 2.05) is 0 Å². The third-order valence-electron chi connectivity index (χ3n) is 2.97. The first-order valence-corrected chi connectivity index (χ1v) is 5.92. The van der Waals surface area contributed by atoms with E-state index in [1.54, 1.807) is 0 Å². The highest BCUT2D eigenvalue weighted by Gasteiger charge is 2.09. The van der Waals surface area contributed by atoms with E-state index in [0.29, 0.717) is 0 Å². The van der Waals surface area contributed by atoms with Crippen molar-refractivity contribution in [2.45, 2.75) is 57.8 Å². The van der Waals surface area contributed by atoms with Gasteiger partial charge in [-0.2, -0.15) is 10.2 Å². The third-order valence-corrected chi connectivity index (χ3v) is 2.97. The third kappa shape index (κ3) is 4.32. The number of nitrogens with two attached hydrogens (primary N) is 2. The van der Waals surface area contributed by atoms with Crippen molar-refractivity contribution in [1.29, 1.82) is 0 Å². The number of rotatable bonds is 0. The molecule has 15 heavy (non-hydrogen) atoms. The number of nitrogens with zero attached hydrogens (tertiary/aromatic N) is 2. The van der Waals surface area contributed by atoms with Gasteiger partial charge in [0.2, 0.25) is 0 Å². The highest BCUT2D eigenvalue weighted by Crippen LogP contribution is 2.14. The molecule has 0 aliphatic heterocycles. The summed E-state index contributed by atoms with van der Waals surface area (Å²) >= 11 is 0. The molecule has 1 aliphatic rings. The van der Waals surface area contributed by atoms with Crippen LogP contribution in [0.15, 0.2) is 10.2 Å². The molecule has 0 radical (unpaired) electrons. The molecule has 4 nitrogen and oxygen atoms in total. The Kier molecular flexibility index (Phi) is 5.81. The Bertz CT molecular complexity index is 209. The second kappa shape index (κ2) is 7.26. The standard InChI is InChI=1S/C11H22N4/c12-14-10-8-6-4-2-1-3-5-7-9-11(10)15-13/h1-9,12-13H2/b14-10-,15-11-. The molecule has 0 amide bonds. The van der Waals surface area contributed by atoms with Crippen LogP contribution in [0.3, 0.4) is 0 Å². The summed E-state index contributed by atoms with van der Waals surface area (Å²) < 4.78 is 0. The number of hydrogen-bond donors (Lipinski definition) is 2. The van der Waals surface area contributed by atoms with Crippen LogP contribution in [-0.2, 0) is 0 Å². The molecule has 0 bridgehead atoms. The zero-order valence-electron chi connectivity index (χ0n) is 9.41. The van der Waals surface area contributed by atoms with E-state index in [0.717, 1.165) is 37.1 Å². The zero-order chi connectivity index (χ0) is 10.9. The Morgan fingerprint density at radius 3 is 1.27 bits per heavy atom. The molecule has 0 atom stereocenters. The summed E-state index contributed by atoms with van der Waals surface area (Å²) in [7, 11) is 0. The minimum Gasteiger partial charge on any atom is -0.323 e. The molecule has 86 valence electrons. The molecule has 1 saturated carbocycles. The lowest BCUT2D eigenvalue weighted by Crippen LogP contribution is -2.18. The molecule has 1 aliphatic carbocycles. The lowest BCUT2D eigenvalue weighted by Gasteiger charge is -2.06. The van der Waals surface area contributed by atoms with Crippen LogP contribution in [0.1, 0.15) is 57.8 Å². The topological polar surface area (TPSA) is 76.8 Å². The average Bonchev–Trinajstić information content (AvgIpc) is 2.32. The van der Waals surface area contributed by atoms with Crippen LogP contribution < -0.4 is 11.7 Å². The minimum absolute atomic E-state index is 0.902. The molecular formula is C11H22N4. The SMILES string of the molecule is N/N=C1/CCCCCCCCC/C1=N/N. The maximum Gasteiger partial charge on any atom is 0.0832 e. The second-order valence-electron chi connectivity index (χ2n) is 4.13. The fourth-order valence-corrected chi connectivity index (χ4v) is 2.04. The molecule has 4 N–H and O–H groups in total. The van der Waals surface area contributed by atoms with Gasteiger partial charge in [-0.3, -0.25) is 0 Å². The van der Waals surface area contributed by atoms with Gasteiger partial charge in [-0.05, 0) is 25.7 Å². The lowest BCUT2D eigenvalue weighted by atomic mass is 10.0. The second-order valence-corrected chi connectivity index (χ2v) is 4.13. The van der Waals surface area contributed by atoms with Gasteiger partial charge in [0.1, 0.15) is 0 Å². The van der Waals surface area contributed by atoms with Gasteiger partial charge in [-0.1, -0.05) is 32.1 Å². The van der Waals surface area contributed by atoms with Crippen molar-refractivity contribution in [1.82, 2.24) is 0 Å². The Morgan fingerprint density at radius 2 is 0.933 bits per heavy atom. The van der Waals surface area contributed by atoms with E-state index in [9.17, 15) is 0 Å². The van der Waals surface area contributed by atoms with Crippen LogP contribution in [0.4, 0.5) is 0 Å². The van der Waals surface area contributed by atoms with Crippen LogP contribution >= 0.6 is 0 Å². The monoisotopic (exact) mass is 210 g/mol. The summed E-state index contributed by atoms with van der Waals surface area (Å²) in [4.78, 5) is 0. The van der Waals surface area contributed by atoms with Gasteiger partial charge in [-0.15, -0.1) is 0 Å². The lowest BCUT2D eigenvalue weighted by molar-refractivity contribution is 0.593. The molecule has 0 unspecified atom stereocenters. The highest BCUT2D eigenvalue weighted by molar-refractivity contribution is 6.42. The fourth-order valence-electron chi connectivity index (χ4n) is 2.04. The van der Waals surface area contributed by atoms with Crippen molar-refractivity contribution in [3.63, 3.8) is 0 Å². The molecule has 0 aromatic carbocycles. The van der Waals surface area contributed by atoms with Gasteiger partial charge >= 0.3 is 0 Å². The fraction of sp³-hybridized carbons (Fsp3) is 0.818. The van der Waals surface area contributed by atoms with Crippen molar-refractivity contribution < 1.29 is 0 Å². The number of hydrazone groups is 2. The average molecular weight is 210 g/mol. The maximum atomic E-state index is 5.37. The van der Waals surface area contributed by atoms with Crippen LogP contribution in [0.5, 0.6) is 0 Å². The van der Waals surface area contributed by atoms with Crippen LogP contribution in [0.2, 0.25) is 0 Å². The Hall–Kier alpha value is -1.06. The quantitative estimate of drug-likeness (QED) is 0.474. The smallest absolute Gasteiger partial charge is 0.0832 e. The maximum absolute atomic E-state index is 5.37. The van der Waals surface area contributed by atoms with E-state index < -0.39 is 0 Å². The van der Waals surface area contributed by atoms with Gasteiger partial charge in [0, 0.05) is 0 Å². The van der Waals surface area contributed by atoms with Gasteiger partial charge < -0.3 is 11.7 Å². The van der Waals surface area contributed by atoms with Gasteiger partial charge in [0.05, 0.1) is 11.4 Å². The van der Waals surface area contributed by atoms with E-state index in [4.69, 9.17) is 11.7 Å². The van der Waals surface area contributed by atoms with Crippen molar-refractivity contribution in [3.05, 3.63) is 0 Å². The molecule has 0 heterocycles. The van der Waals surface area contributed by atoms with Crippen molar-refractivity contribution in [3.8, 4) is 0 Å². The van der Waals surface area contributed by atoms with Crippen molar-refractivity contribution in [2.24, 2.45) is 21.9 Å². The van der Waals surface area contributed by atoms with Gasteiger partial charge in [0.25, 0.3) is 0 Å². The Balaban J connectivity index is 2.57. The van der Waals surface area contributed by atoms with Crippen molar-refractivity contribution in [2.75, 3.05) is 0 Å². The molecule has 0 aromatic heterocycles. The zero-order valence-corrected chi connectivity index (χ0v) is 9.41. The molecule has 4 heteroatoms. The van der Waals surface area contributed by atoms with E-state index >= 15 is 0 Å². The van der Waals surface area contributed by atoms with E-state index in [1.165, 1.54) is 32.1 Å². The molecule has 1 rings (SSSR count). The first-order chi connectivity index (χ1) is 7.38. The molecular weight excluding hydrogens is 188 g/mol. The van der Waals surface area contributed by atoms with Crippen LogP contribution in [-0.4, -0.2) is 11.4 Å². The Morgan fingerprint density at radius 1 is 0.600 bits per heavy atom. The normalized spacial score (nSPS) is 26.4. The molecule has 0 aromatic rings. The summed E-state index contributed by atoms with van der Waals surface area (Å²) in [5.41, 5.74) is 1.80. The summed E-state index contributed by atoms with van der Waals surface area (Å²) in [5.74, 6) is 10.7. The summed E-state index contributed by atoms with van der Waals surface area (Å²) in [6.45, 7) is 0. The van der Waals surface area contributed by atoms with Crippen LogP contribution in [0, 0.1) is 0 Å². The predicted octanol–water partition coefficient (Wildman–Crippen LogP) is 2.14. The number of hydrogen-bond acceptors (Lipinski definition) is 4. The minimum atomic E-state index is 0.902. The van der Waals surface area contributed by atoms with Gasteiger partial charge in [0.15, 0.2) is 0 Å². The predicted molar refractivity (Wildman–Crippen MR) is 64.8 cm³/mol. The van der Waals surface area contributed by atoms with Crippen molar-refractivity contribution >= 4 is 11.4 Å². The molecule has 0 saturated heterocycles. The molecule has 1 fully saturated rings. The summed E-state index contributed by atoms with van der Waals surface area (Å²) in [6, 6.07) is 0.